The van der Waals surface area contributed by atoms with E-state index >= 15 is 0 Å². The molecule has 31 heavy (non-hydrogen) atoms. The van der Waals surface area contributed by atoms with Gasteiger partial charge in [-0.3, -0.25) is 9.59 Å². The topological polar surface area (TPSA) is 84.5 Å². The molecule has 1 amide bonds. The van der Waals surface area contributed by atoms with E-state index in [1.807, 2.05) is 21.7 Å². The maximum Gasteiger partial charge on any atom is 0.257 e. The van der Waals surface area contributed by atoms with Crippen LogP contribution in [0.1, 0.15) is 29.0 Å². The maximum atomic E-state index is 13.1. The first-order chi connectivity index (χ1) is 15.1. The highest BCUT2D eigenvalue weighted by atomic mass is 32.1. The zero-order chi connectivity index (χ0) is 21.8. The van der Waals surface area contributed by atoms with Crippen LogP contribution in [0.2, 0.25) is 0 Å². The number of para-hydroxylation sites is 1. The Morgan fingerprint density at radius 2 is 2.03 bits per heavy atom. The molecular weight excluding hydrogens is 414 g/mol. The molecule has 1 aromatic carbocycles. The third-order valence-corrected chi connectivity index (χ3v) is 6.31. The number of methoxy groups -OCH3 is 2. The minimum atomic E-state index is -0.135. The molecular formula is C23H25N3O4S. The lowest BCUT2D eigenvalue weighted by Crippen LogP contribution is -2.39. The molecule has 0 unspecified atom stereocenters. The Morgan fingerprint density at radius 1 is 1.23 bits per heavy atom. The molecule has 1 N–H and O–H groups in total. The van der Waals surface area contributed by atoms with Crippen molar-refractivity contribution in [2.75, 3.05) is 27.3 Å². The van der Waals surface area contributed by atoms with E-state index in [0.29, 0.717) is 54.0 Å². The second-order valence-corrected chi connectivity index (χ2v) is 8.35. The number of piperidine rings is 1. The van der Waals surface area contributed by atoms with E-state index in [-0.39, 0.29) is 11.5 Å². The van der Waals surface area contributed by atoms with Gasteiger partial charge in [0.05, 0.1) is 25.5 Å². The number of rotatable bonds is 6. The van der Waals surface area contributed by atoms with Gasteiger partial charge in [-0.15, -0.1) is 0 Å². The van der Waals surface area contributed by atoms with Crippen molar-refractivity contribution in [3.8, 4) is 22.8 Å². The fourth-order valence-electron chi connectivity index (χ4n) is 4.00. The first kappa shape index (κ1) is 21.1. The number of ether oxygens (including phenoxy) is 2. The third-order valence-electron chi connectivity index (χ3n) is 5.62. The number of aromatic amines is 1. The van der Waals surface area contributed by atoms with E-state index in [4.69, 9.17) is 9.47 Å². The lowest BCUT2D eigenvalue weighted by molar-refractivity contribution is 0.0686. The highest BCUT2D eigenvalue weighted by Crippen LogP contribution is 2.32. The van der Waals surface area contributed by atoms with Crippen LogP contribution in [0.4, 0.5) is 0 Å². The summed E-state index contributed by atoms with van der Waals surface area (Å²) in [5, 5.41) is 3.96. The maximum absolute atomic E-state index is 13.1. The van der Waals surface area contributed by atoms with Crippen LogP contribution in [-0.2, 0) is 6.42 Å². The van der Waals surface area contributed by atoms with E-state index in [1.54, 1.807) is 43.8 Å². The Morgan fingerprint density at radius 3 is 2.71 bits per heavy atom. The number of nitrogens with one attached hydrogen (secondary N) is 1. The number of benzene rings is 1. The standard InChI is InChI=1S/C23H25N3O4S/c1-29-19-5-3-4-17(22(19)30-2)23(28)26-9-6-15(7-10-26)12-20-24-18(13-21(27)25-20)16-8-11-31-14-16/h3-5,8,11,13-15H,6-7,9-10,12H2,1-2H3,(H,24,25,27). The average Bonchev–Trinajstić information content (AvgIpc) is 3.33. The van der Waals surface area contributed by atoms with Crippen LogP contribution in [0.15, 0.2) is 45.9 Å². The van der Waals surface area contributed by atoms with Gasteiger partial charge in [-0.1, -0.05) is 6.07 Å². The van der Waals surface area contributed by atoms with Crippen molar-refractivity contribution in [2.45, 2.75) is 19.3 Å². The molecule has 7 nitrogen and oxygen atoms in total. The Labute approximate surface area is 184 Å². The minimum absolute atomic E-state index is 0.0554. The molecule has 162 valence electrons. The van der Waals surface area contributed by atoms with Crippen LogP contribution in [0, 0.1) is 5.92 Å². The molecule has 8 heteroatoms. The molecule has 1 aliphatic heterocycles. The number of hydrogen-bond donors (Lipinski definition) is 1. The number of likely N-dealkylation sites (tertiary alicyclic amines) is 1. The predicted octanol–water partition coefficient (Wildman–Crippen LogP) is 3.61. The quantitative estimate of drug-likeness (QED) is 0.634. The van der Waals surface area contributed by atoms with Gasteiger partial charge in [0, 0.05) is 36.5 Å². The molecule has 0 atom stereocenters. The monoisotopic (exact) mass is 439 g/mol. The molecule has 3 heterocycles. The Kier molecular flexibility index (Phi) is 6.36. The summed E-state index contributed by atoms with van der Waals surface area (Å²) < 4.78 is 10.7. The van der Waals surface area contributed by atoms with Gasteiger partial charge >= 0.3 is 0 Å². The minimum Gasteiger partial charge on any atom is -0.493 e. The average molecular weight is 440 g/mol. The van der Waals surface area contributed by atoms with Gasteiger partial charge in [0.15, 0.2) is 11.5 Å². The highest BCUT2D eigenvalue weighted by molar-refractivity contribution is 7.08. The van der Waals surface area contributed by atoms with Gasteiger partial charge in [-0.2, -0.15) is 11.3 Å². The normalized spacial score (nSPS) is 14.5. The number of hydrogen-bond acceptors (Lipinski definition) is 6. The summed E-state index contributed by atoms with van der Waals surface area (Å²) in [4.78, 5) is 34.5. The molecule has 2 aromatic heterocycles. The van der Waals surface area contributed by atoms with Gasteiger partial charge in [0.1, 0.15) is 5.82 Å². The number of amides is 1. The summed E-state index contributed by atoms with van der Waals surface area (Å²) in [6.07, 6.45) is 2.40. The van der Waals surface area contributed by atoms with Gasteiger partial charge in [0.2, 0.25) is 0 Å². The number of H-pyrrole nitrogens is 1. The van der Waals surface area contributed by atoms with E-state index in [1.165, 1.54) is 6.07 Å². The van der Waals surface area contributed by atoms with Crippen LogP contribution in [0.5, 0.6) is 11.5 Å². The van der Waals surface area contributed by atoms with Crippen LogP contribution in [-0.4, -0.2) is 48.1 Å². The number of carbonyl (C=O) groups excluding carboxylic acids is 1. The first-order valence-electron chi connectivity index (χ1n) is 10.2. The fraction of sp³-hybridized carbons (Fsp3) is 0.348. The molecule has 0 radical (unpaired) electrons. The van der Waals surface area contributed by atoms with Gasteiger partial charge in [-0.05, 0) is 42.3 Å². The second kappa shape index (κ2) is 9.34. The van der Waals surface area contributed by atoms with Crippen molar-refractivity contribution in [3.63, 3.8) is 0 Å². The van der Waals surface area contributed by atoms with Crippen LogP contribution in [0.25, 0.3) is 11.3 Å². The van der Waals surface area contributed by atoms with Crippen LogP contribution < -0.4 is 15.0 Å². The number of nitrogens with zero attached hydrogens (tertiary/aromatic N) is 2. The molecule has 1 fully saturated rings. The van der Waals surface area contributed by atoms with Crippen LogP contribution >= 0.6 is 11.3 Å². The van der Waals surface area contributed by atoms with E-state index in [2.05, 4.69) is 9.97 Å². The Balaban J connectivity index is 1.42. The predicted molar refractivity (Wildman–Crippen MR) is 120 cm³/mol. The van der Waals surface area contributed by atoms with Gasteiger partial charge in [0.25, 0.3) is 11.5 Å². The van der Waals surface area contributed by atoms with E-state index in [0.717, 1.165) is 18.4 Å². The molecule has 3 aromatic rings. The van der Waals surface area contributed by atoms with Gasteiger partial charge in [-0.25, -0.2) is 4.98 Å². The van der Waals surface area contributed by atoms with Crippen molar-refractivity contribution < 1.29 is 14.3 Å². The lowest BCUT2D eigenvalue weighted by Gasteiger charge is -2.32. The van der Waals surface area contributed by atoms with Crippen molar-refractivity contribution in [2.24, 2.45) is 5.92 Å². The van der Waals surface area contributed by atoms with Crippen LogP contribution in [0.3, 0.4) is 0 Å². The zero-order valence-corrected chi connectivity index (χ0v) is 18.4. The third kappa shape index (κ3) is 4.64. The second-order valence-electron chi connectivity index (χ2n) is 7.57. The molecule has 0 bridgehead atoms. The van der Waals surface area contributed by atoms with Crippen molar-refractivity contribution in [1.82, 2.24) is 14.9 Å². The summed E-state index contributed by atoms with van der Waals surface area (Å²) in [6.45, 7) is 1.30. The number of thiophene rings is 1. The fourth-order valence-corrected chi connectivity index (χ4v) is 4.65. The highest BCUT2D eigenvalue weighted by Gasteiger charge is 2.27. The summed E-state index contributed by atoms with van der Waals surface area (Å²) in [5.41, 5.74) is 2.04. The molecule has 0 saturated carbocycles. The summed E-state index contributed by atoms with van der Waals surface area (Å²) >= 11 is 1.58. The molecule has 0 aliphatic carbocycles. The summed E-state index contributed by atoms with van der Waals surface area (Å²) in [7, 11) is 3.10. The Bertz CT molecular complexity index is 1100. The first-order valence-corrected chi connectivity index (χ1v) is 11.2. The lowest BCUT2D eigenvalue weighted by atomic mass is 9.92. The van der Waals surface area contributed by atoms with Crippen molar-refractivity contribution in [1.29, 1.82) is 0 Å². The van der Waals surface area contributed by atoms with E-state index in [9.17, 15) is 9.59 Å². The van der Waals surface area contributed by atoms with Crippen molar-refractivity contribution in [3.05, 3.63) is 62.8 Å². The molecule has 1 saturated heterocycles. The van der Waals surface area contributed by atoms with Gasteiger partial charge < -0.3 is 19.4 Å². The largest absolute Gasteiger partial charge is 0.493 e. The van der Waals surface area contributed by atoms with Crippen molar-refractivity contribution >= 4 is 17.2 Å². The SMILES string of the molecule is COc1cccc(C(=O)N2CCC(Cc3nc(-c4ccsc4)cc(=O)[nH]3)CC2)c1OC. The zero-order valence-electron chi connectivity index (χ0n) is 17.6. The molecule has 0 spiro atoms. The molecule has 4 rings (SSSR count). The smallest absolute Gasteiger partial charge is 0.257 e. The Hall–Kier alpha value is -3.13. The number of aromatic nitrogens is 2. The molecule has 1 aliphatic rings. The van der Waals surface area contributed by atoms with E-state index < -0.39 is 0 Å². The number of carbonyl (C=O) groups is 1. The summed E-state index contributed by atoms with van der Waals surface area (Å²) in [5.74, 6) is 2.01. The summed E-state index contributed by atoms with van der Waals surface area (Å²) in [6, 6.07) is 8.84.